The lowest BCUT2D eigenvalue weighted by atomic mass is 10.3. The van der Waals surface area contributed by atoms with Gasteiger partial charge in [0.25, 0.3) is 0 Å². The Labute approximate surface area is 89.5 Å². The zero-order valence-corrected chi connectivity index (χ0v) is 9.13. The maximum atomic E-state index is 13.6. The molecule has 0 aliphatic heterocycles. The van der Waals surface area contributed by atoms with Crippen molar-refractivity contribution in [3.05, 3.63) is 30.0 Å². The van der Waals surface area contributed by atoms with E-state index in [4.69, 9.17) is 0 Å². The Morgan fingerprint density at radius 2 is 2.27 bits per heavy atom. The van der Waals surface area contributed by atoms with Crippen LogP contribution in [0.4, 0.5) is 10.2 Å². The molecule has 0 saturated carbocycles. The van der Waals surface area contributed by atoms with Gasteiger partial charge in [0, 0.05) is 6.54 Å². The molecule has 0 aromatic carbocycles. The van der Waals surface area contributed by atoms with E-state index in [9.17, 15) is 4.39 Å². The molecule has 0 bridgehead atoms. The molecule has 1 aromatic heterocycles. The Bertz CT molecular complexity index is 337. The van der Waals surface area contributed by atoms with Crippen molar-refractivity contribution in [1.82, 2.24) is 9.97 Å². The molecular weight excluding hydrogens is 193 g/mol. The highest BCUT2D eigenvalue weighted by Gasteiger charge is 2.07. The Kier molecular flexibility index (Phi) is 4.74. The molecule has 0 spiro atoms. The molecule has 0 radical (unpaired) electrons. The number of nitrogens with one attached hydrogen (secondary N) is 1. The molecule has 0 aliphatic rings. The molecule has 0 saturated heterocycles. The predicted octanol–water partition coefficient (Wildman–Crippen LogP) is 2.56. The number of aryl methyl sites for hydroxylation is 1. The largest absolute Gasteiger partial charge is 0.367 e. The van der Waals surface area contributed by atoms with Gasteiger partial charge in [-0.3, -0.25) is 0 Å². The first-order valence-corrected chi connectivity index (χ1v) is 5.14. The van der Waals surface area contributed by atoms with Gasteiger partial charge in [-0.1, -0.05) is 19.1 Å². The van der Waals surface area contributed by atoms with Gasteiger partial charge >= 0.3 is 0 Å². The minimum absolute atomic E-state index is 0.298. The van der Waals surface area contributed by atoms with Gasteiger partial charge in [0.05, 0.1) is 5.69 Å². The van der Waals surface area contributed by atoms with E-state index in [-0.39, 0.29) is 5.82 Å². The lowest BCUT2D eigenvalue weighted by Gasteiger charge is -2.06. The first kappa shape index (κ1) is 11.6. The molecule has 0 amide bonds. The standard InChI is InChI=1S/C11H16FN3/c1-3-5-6-7-13-11-10(12)9(4-2)14-8-15-11/h3,5,8H,4,6-7H2,1-2H3,(H,13,14,15)/b5-3+. The molecule has 1 heterocycles. The monoisotopic (exact) mass is 209 g/mol. The van der Waals surface area contributed by atoms with Crippen molar-refractivity contribution in [3.63, 3.8) is 0 Å². The summed E-state index contributed by atoms with van der Waals surface area (Å²) in [5, 5.41) is 2.95. The number of rotatable bonds is 5. The number of hydrogen-bond acceptors (Lipinski definition) is 3. The van der Waals surface area contributed by atoms with Crippen LogP contribution in [0.15, 0.2) is 18.5 Å². The minimum atomic E-state index is -0.333. The van der Waals surface area contributed by atoms with E-state index in [1.54, 1.807) is 0 Å². The van der Waals surface area contributed by atoms with Crippen LogP contribution in [-0.4, -0.2) is 16.5 Å². The van der Waals surface area contributed by atoms with Crippen molar-refractivity contribution >= 4 is 5.82 Å². The van der Waals surface area contributed by atoms with Crippen molar-refractivity contribution in [3.8, 4) is 0 Å². The summed E-state index contributed by atoms with van der Waals surface area (Å²) in [6.45, 7) is 4.51. The quantitative estimate of drug-likeness (QED) is 0.598. The smallest absolute Gasteiger partial charge is 0.186 e. The maximum absolute atomic E-state index is 13.6. The van der Waals surface area contributed by atoms with Crippen molar-refractivity contribution < 1.29 is 4.39 Å². The predicted molar refractivity (Wildman–Crippen MR) is 59.3 cm³/mol. The van der Waals surface area contributed by atoms with Crippen molar-refractivity contribution in [1.29, 1.82) is 0 Å². The summed E-state index contributed by atoms with van der Waals surface area (Å²) in [7, 11) is 0. The van der Waals surface area contributed by atoms with E-state index in [0.717, 1.165) is 6.42 Å². The van der Waals surface area contributed by atoms with Gasteiger partial charge in [-0.25, -0.2) is 14.4 Å². The SMILES string of the molecule is C/C=C/CCNc1ncnc(CC)c1F. The summed E-state index contributed by atoms with van der Waals surface area (Å²) >= 11 is 0. The van der Waals surface area contributed by atoms with Gasteiger partial charge in [0.2, 0.25) is 0 Å². The molecule has 82 valence electrons. The van der Waals surface area contributed by atoms with Crippen LogP contribution in [0.2, 0.25) is 0 Å². The van der Waals surface area contributed by atoms with Gasteiger partial charge in [0.1, 0.15) is 6.33 Å². The highest BCUT2D eigenvalue weighted by molar-refractivity contribution is 5.37. The average Bonchev–Trinajstić information content (AvgIpc) is 2.26. The second-order valence-electron chi connectivity index (χ2n) is 3.12. The fourth-order valence-electron chi connectivity index (χ4n) is 1.22. The first-order chi connectivity index (χ1) is 7.29. The van der Waals surface area contributed by atoms with E-state index in [1.807, 2.05) is 26.0 Å². The lowest BCUT2D eigenvalue weighted by molar-refractivity contribution is 0.597. The van der Waals surface area contributed by atoms with E-state index in [2.05, 4.69) is 15.3 Å². The first-order valence-electron chi connectivity index (χ1n) is 5.14. The van der Waals surface area contributed by atoms with E-state index in [1.165, 1.54) is 6.33 Å². The Morgan fingerprint density at radius 3 is 2.93 bits per heavy atom. The molecule has 4 heteroatoms. The summed E-state index contributed by atoms with van der Waals surface area (Å²) < 4.78 is 13.6. The van der Waals surface area contributed by atoms with Crippen LogP contribution < -0.4 is 5.32 Å². The number of hydrogen-bond donors (Lipinski definition) is 1. The second-order valence-corrected chi connectivity index (χ2v) is 3.12. The number of halogens is 1. The third-order valence-electron chi connectivity index (χ3n) is 2.04. The lowest BCUT2D eigenvalue weighted by Crippen LogP contribution is -2.07. The van der Waals surface area contributed by atoms with Crippen LogP contribution in [-0.2, 0) is 6.42 Å². The van der Waals surface area contributed by atoms with E-state index in [0.29, 0.717) is 24.5 Å². The minimum Gasteiger partial charge on any atom is -0.367 e. The fraction of sp³-hybridized carbons (Fsp3) is 0.455. The number of nitrogens with zero attached hydrogens (tertiary/aromatic N) is 2. The van der Waals surface area contributed by atoms with Crippen LogP contribution in [0.3, 0.4) is 0 Å². The highest BCUT2D eigenvalue weighted by atomic mass is 19.1. The molecule has 1 N–H and O–H groups in total. The molecule has 0 fully saturated rings. The second kappa shape index (κ2) is 6.11. The van der Waals surface area contributed by atoms with E-state index < -0.39 is 0 Å². The van der Waals surface area contributed by atoms with Crippen molar-refractivity contribution in [2.45, 2.75) is 26.7 Å². The van der Waals surface area contributed by atoms with Gasteiger partial charge in [-0.2, -0.15) is 0 Å². The Balaban J connectivity index is 2.60. The van der Waals surface area contributed by atoms with Gasteiger partial charge < -0.3 is 5.32 Å². The number of aromatic nitrogens is 2. The van der Waals surface area contributed by atoms with Crippen LogP contribution >= 0.6 is 0 Å². The van der Waals surface area contributed by atoms with E-state index >= 15 is 0 Å². The third kappa shape index (κ3) is 3.31. The molecule has 1 aromatic rings. The zero-order valence-electron chi connectivity index (χ0n) is 9.13. The zero-order chi connectivity index (χ0) is 11.1. The van der Waals surface area contributed by atoms with Crippen LogP contribution in [0.5, 0.6) is 0 Å². The number of allylic oxidation sites excluding steroid dienone is 1. The highest BCUT2D eigenvalue weighted by Crippen LogP contribution is 2.12. The fourth-order valence-corrected chi connectivity index (χ4v) is 1.22. The molecule has 0 atom stereocenters. The molecule has 1 rings (SSSR count). The Hall–Kier alpha value is -1.45. The molecule has 3 nitrogen and oxygen atoms in total. The van der Waals surface area contributed by atoms with Crippen LogP contribution in [0.1, 0.15) is 26.0 Å². The maximum Gasteiger partial charge on any atom is 0.186 e. The molecular formula is C11H16FN3. The molecule has 15 heavy (non-hydrogen) atoms. The van der Waals surface area contributed by atoms with Gasteiger partial charge in [0.15, 0.2) is 11.6 Å². The molecule has 0 aliphatic carbocycles. The number of anilines is 1. The Morgan fingerprint density at radius 1 is 1.47 bits per heavy atom. The topological polar surface area (TPSA) is 37.8 Å². The van der Waals surface area contributed by atoms with Gasteiger partial charge in [-0.05, 0) is 19.8 Å². The van der Waals surface area contributed by atoms with Crippen LogP contribution in [0.25, 0.3) is 0 Å². The third-order valence-corrected chi connectivity index (χ3v) is 2.04. The van der Waals surface area contributed by atoms with Crippen LogP contribution in [0, 0.1) is 5.82 Å². The van der Waals surface area contributed by atoms with Crippen molar-refractivity contribution in [2.24, 2.45) is 0 Å². The molecule has 0 unspecified atom stereocenters. The summed E-state index contributed by atoms with van der Waals surface area (Å²) in [6.07, 6.45) is 6.82. The average molecular weight is 209 g/mol. The summed E-state index contributed by atoms with van der Waals surface area (Å²) in [6, 6.07) is 0. The normalized spacial score (nSPS) is 10.9. The summed E-state index contributed by atoms with van der Waals surface area (Å²) in [5.41, 5.74) is 0.457. The summed E-state index contributed by atoms with van der Waals surface area (Å²) in [5.74, 6) is -0.0353. The summed E-state index contributed by atoms with van der Waals surface area (Å²) in [4.78, 5) is 7.72. The van der Waals surface area contributed by atoms with Crippen molar-refractivity contribution in [2.75, 3.05) is 11.9 Å². The van der Waals surface area contributed by atoms with Gasteiger partial charge in [-0.15, -0.1) is 0 Å².